The van der Waals surface area contributed by atoms with Crippen LogP contribution in [0.3, 0.4) is 0 Å². The normalized spacial score (nSPS) is 13.8. The molecular weight excluding hydrogens is 266 g/mol. The van der Waals surface area contributed by atoms with Gasteiger partial charge in [-0.05, 0) is 12.8 Å². The van der Waals surface area contributed by atoms with Crippen LogP contribution in [0.2, 0.25) is 0 Å². The fourth-order valence-corrected chi connectivity index (χ4v) is 1.53. The summed E-state index contributed by atoms with van der Waals surface area (Å²) >= 11 is 0. The van der Waals surface area contributed by atoms with E-state index in [1.54, 1.807) is 13.8 Å². The first-order valence-corrected chi connectivity index (χ1v) is 6.33. The number of rotatable bonds is 8. The first-order chi connectivity index (χ1) is 9.43. The van der Waals surface area contributed by atoms with Crippen LogP contribution in [0.25, 0.3) is 0 Å². The van der Waals surface area contributed by atoms with Crippen LogP contribution >= 0.6 is 0 Å². The number of ether oxygens (including phenoxy) is 1. The van der Waals surface area contributed by atoms with Gasteiger partial charge in [0.25, 0.3) is 5.89 Å². The molecule has 1 amide bonds. The molecule has 1 rings (SSSR count). The second kappa shape index (κ2) is 7.59. The molecule has 20 heavy (non-hydrogen) atoms. The summed E-state index contributed by atoms with van der Waals surface area (Å²) < 4.78 is 9.90. The highest BCUT2D eigenvalue weighted by molar-refractivity contribution is 5.84. The lowest BCUT2D eigenvalue weighted by Crippen LogP contribution is -2.46. The second-order valence-corrected chi connectivity index (χ2v) is 4.50. The molecule has 0 spiro atoms. The van der Waals surface area contributed by atoms with E-state index in [2.05, 4.69) is 15.5 Å². The van der Waals surface area contributed by atoms with E-state index in [0.717, 1.165) is 0 Å². The number of carboxylic acids is 1. The maximum absolute atomic E-state index is 11.6. The minimum Gasteiger partial charge on any atom is -0.480 e. The highest BCUT2D eigenvalue weighted by Gasteiger charge is 2.25. The van der Waals surface area contributed by atoms with Gasteiger partial charge in [-0.15, -0.1) is 0 Å². The Morgan fingerprint density at radius 2 is 2.20 bits per heavy atom. The van der Waals surface area contributed by atoms with Crippen LogP contribution in [0.15, 0.2) is 4.52 Å². The van der Waals surface area contributed by atoms with Crippen LogP contribution < -0.4 is 5.32 Å². The van der Waals surface area contributed by atoms with Gasteiger partial charge in [-0.2, -0.15) is 4.98 Å². The number of aryl methyl sites for hydroxylation is 1. The molecule has 0 saturated carbocycles. The third-order valence-electron chi connectivity index (χ3n) is 2.82. The minimum atomic E-state index is -1.06. The van der Waals surface area contributed by atoms with Gasteiger partial charge < -0.3 is 19.7 Å². The molecule has 1 aromatic rings. The van der Waals surface area contributed by atoms with Gasteiger partial charge in [-0.25, -0.2) is 4.79 Å². The molecule has 0 radical (unpaired) electrons. The van der Waals surface area contributed by atoms with Gasteiger partial charge in [0.15, 0.2) is 5.82 Å². The van der Waals surface area contributed by atoms with Crippen molar-refractivity contribution in [2.75, 3.05) is 6.61 Å². The van der Waals surface area contributed by atoms with Crippen LogP contribution in [0, 0.1) is 12.8 Å². The summed E-state index contributed by atoms with van der Waals surface area (Å²) in [5, 5.41) is 15.0. The Kier molecular flexibility index (Phi) is 6.10. The van der Waals surface area contributed by atoms with Crippen LogP contribution in [0.1, 0.15) is 32.0 Å². The predicted octanol–water partition coefficient (Wildman–Crippen LogP) is 0.510. The van der Waals surface area contributed by atoms with E-state index in [1.165, 1.54) is 0 Å². The first-order valence-electron chi connectivity index (χ1n) is 6.33. The molecule has 8 nitrogen and oxygen atoms in total. The number of carbonyl (C=O) groups excluding carboxylic acids is 1. The number of nitrogens with one attached hydrogen (secondary N) is 1. The van der Waals surface area contributed by atoms with E-state index in [-0.39, 0.29) is 25.0 Å². The summed E-state index contributed by atoms with van der Waals surface area (Å²) in [5.74, 6) is -0.952. The van der Waals surface area contributed by atoms with Gasteiger partial charge in [-0.3, -0.25) is 4.79 Å². The maximum atomic E-state index is 11.6. The van der Waals surface area contributed by atoms with Gasteiger partial charge in [0.2, 0.25) is 5.91 Å². The van der Waals surface area contributed by atoms with Crippen molar-refractivity contribution in [2.45, 2.75) is 39.8 Å². The van der Waals surface area contributed by atoms with Crippen LogP contribution in [0.5, 0.6) is 0 Å². The van der Waals surface area contributed by atoms with E-state index in [4.69, 9.17) is 14.4 Å². The lowest BCUT2D eigenvalue weighted by atomic mass is 9.99. The zero-order valence-electron chi connectivity index (χ0n) is 11.8. The van der Waals surface area contributed by atoms with Crippen molar-refractivity contribution in [1.29, 1.82) is 0 Å². The van der Waals surface area contributed by atoms with Crippen molar-refractivity contribution >= 4 is 11.9 Å². The second-order valence-electron chi connectivity index (χ2n) is 4.50. The average molecular weight is 285 g/mol. The molecule has 1 aromatic heterocycles. The van der Waals surface area contributed by atoms with Gasteiger partial charge in [0.1, 0.15) is 19.3 Å². The van der Waals surface area contributed by atoms with E-state index in [1.807, 2.05) is 6.92 Å². The van der Waals surface area contributed by atoms with E-state index >= 15 is 0 Å². The van der Waals surface area contributed by atoms with Crippen molar-refractivity contribution in [3.05, 3.63) is 11.7 Å². The average Bonchev–Trinajstić information content (AvgIpc) is 2.80. The molecule has 0 aliphatic carbocycles. The number of hydrogen-bond acceptors (Lipinski definition) is 6. The zero-order valence-corrected chi connectivity index (χ0v) is 11.8. The van der Waals surface area contributed by atoms with Gasteiger partial charge in [0, 0.05) is 0 Å². The lowest BCUT2D eigenvalue weighted by molar-refractivity contribution is -0.144. The van der Waals surface area contributed by atoms with E-state index < -0.39 is 17.9 Å². The summed E-state index contributed by atoms with van der Waals surface area (Å²) in [7, 11) is 0. The Labute approximate surface area is 116 Å². The Balaban J connectivity index is 2.36. The number of hydrogen-bond donors (Lipinski definition) is 2. The van der Waals surface area contributed by atoms with Crippen molar-refractivity contribution in [2.24, 2.45) is 5.92 Å². The number of aromatic nitrogens is 2. The minimum absolute atomic E-state index is 0.00926. The number of amides is 1. The van der Waals surface area contributed by atoms with Gasteiger partial charge in [-0.1, -0.05) is 25.4 Å². The third kappa shape index (κ3) is 4.96. The van der Waals surface area contributed by atoms with Crippen LogP contribution in [0.4, 0.5) is 0 Å². The van der Waals surface area contributed by atoms with Crippen LogP contribution in [-0.2, 0) is 20.9 Å². The zero-order chi connectivity index (χ0) is 15.1. The fraction of sp³-hybridized carbons (Fsp3) is 0.667. The Morgan fingerprint density at radius 3 is 2.70 bits per heavy atom. The van der Waals surface area contributed by atoms with Crippen LogP contribution in [-0.4, -0.2) is 39.8 Å². The van der Waals surface area contributed by atoms with E-state index in [9.17, 15) is 9.59 Å². The molecule has 2 N–H and O–H groups in total. The van der Waals surface area contributed by atoms with Gasteiger partial charge in [0.05, 0.1) is 0 Å². The topological polar surface area (TPSA) is 115 Å². The molecule has 1 heterocycles. The molecular formula is C12H19N3O5. The lowest BCUT2D eigenvalue weighted by Gasteiger charge is -2.19. The largest absolute Gasteiger partial charge is 0.480 e. The molecule has 0 saturated heterocycles. The monoisotopic (exact) mass is 285 g/mol. The SMILES string of the molecule is CCC(C)C(NC(=O)COCc1nc(C)no1)C(=O)O. The molecule has 8 heteroatoms. The summed E-state index contributed by atoms with van der Waals surface area (Å²) in [4.78, 5) is 26.6. The molecule has 0 aliphatic rings. The van der Waals surface area contributed by atoms with E-state index in [0.29, 0.717) is 12.2 Å². The van der Waals surface area contributed by atoms with Gasteiger partial charge >= 0.3 is 5.97 Å². The molecule has 112 valence electrons. The molecule has 2 unspecified atom stereocenters. The van der Waals surface area contributed by atoms with Crippen molar-refractivity contribution in [3.63, 3.8) is 0 Å². The quantitative estimate of drug-likeness (QED) is 0.715. The van der Waals surface area contributed by atoms with Crippen molar-refractivity contribution < 1.29 is 24.0 Å². The Bertz CT molecular complexity index is 460. The van der Waals surface area contributed by atoms with Crippen molar-refractivity contribution in [1.82, 2.24) is 15.5 Å². The molecule has 0 fully saturated rings. The number of nitrogens with zero attached hydrogens (tertiary/aromatic N) is 2. The maximum Gasteiger partial charge on any atom is 0.326 e. The highest BCUT2D eigenvalue weighted by atomic mass is 16.5. The molecule has 0 aromatic carbocycles. The summed E-state index contributed by atoms with van der Waals surface area (Å²) in [6.45, 7) is 5.04. The third-order valence-corrected chi connectivity index (χ3v) is 2.82. The standard InChI is InChI=1S/C12H19N3O5/c1-4-7(2)11(12(17)18)14-9(16)5-19-6-10-13-8(3)15-20-10/h7,11H,4-6H2,1-3H3,(H,14,16)(H,17,18). The summed E-state index contributed by atoms with van der Waals surface area (Å²) in [6.07, 6.45) is 0.652. The smallest absolute Gasteiger partial charge is 0.326 e. The summed E-state index contributed by atoms with van der Waals surface area (Å²) in [5.41, 5.74) is 0. The van der Waals surface area contributed by atoms with Crippen molar-refractivity contribution in [3.8, 4) is 0 Å². The predicted molar refractivity (Wildman–Crippen MR) is 67.7 cm³/mol. The highest BCUT2D eigenvalue weighted by Crippen LogP contribution is 2.07. The number of carboxylic acid groups (broad SMARTS) is 1. The Morgan fingerprint density at radius 1 is 1.50 bits per heavy atom. The molecule has 0 bridgehead atoms. The first kappa shape index (κ1) is 16.1. The molecule has 2 atom stereocenters. The summed E-state index contributed by atoms with van der Waals surface area (Å²) in [6, 6.07) is -0.915. The number of carbonyl (C=O) groups is 2. The Hall–Kier alpha value is -1.96. The fourth-order valence-electron chi connectivity index (χ4n) is 1.53. The molecule has 0 aliphatic heterocycles. The number of aliphatic carboxylic acids is 1.